The molecule has 0 amide bonds. The highest BCUT2D eigenvalue weighted by Gasteiger charge is 2.08. The summed E-state index contributed by atoms with van der Waals surface area (Å²) in [6.07, 6.45) is 8.13. The van der Waals surface area contributed by atoms with E-state index in [4.69, 9.17) is 9.97 Å². The minimum absolute atomic E-state index is 0.902. The van der Waals surface area contributed by atoms with Crippen LogP contribution in [0.3, 0.4) is 0 Å². The van der Waals surface area contributed by atoms with Gasteiger partial charge in [0.2, 0.25) is 0 Å². The van der Waals surface area contributed by atoms with Crippen LogP contribution in [0.5, 0.6) is 0 Å². The van der Waals surface area contributed by atoms with E-state index in [2.05, 4.69) is 89.4 Å². The summed E-state index contributed by atoms with van der Waals surface area (Å²) in [5.41, 5.74) is 11.3. The van der Waals surface area contributed by atoms with Gasteiger partial charge in [0, 0.05) is 46.4 Å². The summed E-state index contributed by atoms with van der Waals surface area (Å²) in [4.78, 5) is 19.0. The van der Waals surface area contributed by atoms with Gasteiger partial charge in [-0.15, -0.1) is 0 Å². The molecule has 0 aliphatic carbocycles. The van der Waals surface area contributed by atoms with Crippen molar-refractivity contribution in [2.24, 2.45) is 0 Å². The van der Waals surface area contributed by atoms with Crippen molar-refractivity contribution in [3.63, 3.8) is 0 Å². The van der Waals surface area contributed by atoms with Gasteiger partial charge in [-0.3, -0.25) is 0 Å². The summed E-state index contributed by atoms with van der Waals surface area (Å²) in [6.45, 7) is 6.37. The molecule has 0 unspecified atom stereocenters. The maximum atomic E-state index is 4.81. The van der Waals surface area contributed by atoms with E-state index in [1.54, 1.807) is 0 Å². The zero-order chi connectivity index (χ0) is 23.8. The molecule has 4 aromatic rings. The molecule has 6 rings (SSSR count). The van der Waals surface area contributed by atoms with Crippen molar-refractivity contribution in [3.05, 3.63) is 89.5 Å². The molecule has 8 bridgehead atoms. The molecule has 0 atom stereocenters. The van der Waals surface area contributed by atoms with E-state index in [9.17, 15) is 0 Å². The third-order valence-corrected chi connectivity index (χ3v) is 6.48. The smallest absolute Gasteiger partial charge is 0.0659 e. The van der Waals surface area contributed by atoms with Gasteiger partial charge in [-0.05, 0) is 98.3 Å². The molecular formula is C30H27N5. The van der Waals surface area contributed by atoms with Crippen LogP contribution in [0.1, 0.15) is 36.6 Å². The lowest BCUT2D eigenvalue weighted by Gasteiger charge is -2.21. The fourth-order valence-electron chi connectivity index (χ4n) is 4.70. The Balaban J connectivity index is 1.56. The fourth-order valence-corrected chi connectivity index (χ4v) is 4.70. The average Bonchev–Trinajstić information content (AvgIpc) is 3.66. The largest absolute Gasteiger partial charge is 0.372 e. The molecule has 5 nitrogen and oxygen atoms in total. The highest BCUT2D eigenvalue weighted by atomic mass is 15.1. The Morgan fingerprint density at radius 2 is 1.20 bits per heavy atom. The van der Waals surface area contributed by atoms with E-state index in [1.807, 2.05) is 30.4 Å². The van der Waals surface area contributed by atoms with E-state index in [0.29, 0.717) is 0 Å². The highest BCUT2D eigenvalue weighted by Crippen LogP contribution is 2.29. The zero-order valence-electron chi connectivity index (χ0n) is 19.9. The average molecular weight is 458 g/mol. The third kappa shape index (κ3) is 4.28. The first kappa shape index (κ1) is 21.2. The second-order valence-electron chi connectivity index (χ2n) is 8.81. The molecule has 0 radical (unpaired) electrons. The fraction of sp³-hybridized carbons (Fsp3) is 0.133. The van der Waals surface area contributed by atoms with Gasteiger partial charge in [0.05, 0.1) is 22.8 Å². The Labute approximate surface area is 204 Å². The number of hydrogen-bond donors (Lipinski definition) is 2. The number of aromatic nitrogens is 4. The molecule has 35 heavy (non-hydrogen) atoms. The van der Waals surface area contributed by atoms with Crippen LogP contribution in [0.4, 0.5) is 5.69 Å². The first-order valence-corrected chi connectivity index (χ1v) is 12.1. The normalized spacial score (nSPS) is 12.3. The summed E-state index contributed by atoms with van der Waals surface area (Å²) in [6, 6.07) is 23.5. The van der Waals surface area contributed by atoms with Gasteiger partial charge < -0.3 is 14.9 Å². The van der Waals surface area contributed by atoms with E-state index >= 15 is 0 Å². The van der Waals surface area contributed by atoms with Crippen LogP contribution in [-0.2, 0) is 0 Å². The third-order valence-electron chi connectivity index (χ3n) is 6.48. The van der Waals surface area contributed by atoms with Crippen molar-refractivity contribution >= 4 is 52.1 Å². The van der Waals surface area contributed by atoms with Gasteiger partial charge in [-0.25, -0.2) is 9.97 Å². The standard InChI is InChI=1S/C30H27N5/c1-3-35(4-2)28-13-5-20(6-14-28)29-18-27-17-25-10-9-23(32-25)15-21-7-8-22(31-21)16-24-11-12-26(33-24)19-30(29)34-27/h5-19,32,34H,3-4H2,1-2H3. The molecule has 2 aliphatic heterocycles. The van der Waals surface area contributed by atoms with Crippen LogP contribution in [0.15, 0.2) is 66.7 Å². The van der Waals surface area contributed by atoms with Crippen LogP contribution in [0.2, 0.25) is 0 Å². The van der Waals surface area contributed by atoms with E-state index in [0.717, 1.165) is 63.5 Å². The number of aromatic amines is 2. The van der Waals surface area contributed by atoms with Crippen molar-refractivity contribution in [1.82, 2.24) is 19.9 Å². The lowest BCUT2D eigenvalue weighted by molar-refractivity contribution is 0.866. The van der Waals surface area contributed by atoms with Crippen molar-refractivity contribution in [3.8, 4) is 11.1 Å². The van der Waals surface area contributed by atoms with Crippen molar-refractivity contribution in [1.29, 1.82) is 0 Å². The number of anilines is 1. The van der Waals surface area contributed by atoms with Gasteiger partial charge in [0.25, 0.3) is 0 Å². The van der Waals surface area contributed by atoms with E-state index in [-0.39, 0.29) is 0 Å². The highest BCUT2D eigenvalue weighted by molar-refractivity contribution is 5.88. The van der Waals surface area contributed by atoms with Crippen LogP contribution >= 0.6 is 0 Å². The first-order chi connectivity index (χ1) is 17.2. The summed E-state index contributed by atoms with van der Waals surface area (Å²) in [7, 11) is 0. The Morgan fingerprint density at radius 3 is 1.86 bits per heavy atom. The number of nitrogens with one attached hydrogen (secondary N) is 2. The first-order valence-electron chi connectivity index (χ1n) is 12.1. The predicted octanol–water partition coefficient (Wildman–Crippen LogP) is 7.17. The SMILES string of the molecule is CCN(CC)c1ccc(-c2cc3cc4ccc(cc5nc(cc6nc(cc2[nH]3)C=C6)C=C5)[nH]4)cc1. The number of fused-ring (bicyclic) bond motifs is 8. The van der Waals surface area contributed by atoms with Crippen LogP contribution in [-0.4, -0.2) is 33.0 Å². The topological polar surface area (TPSA) is 60.6 Å². The minimum atomic E-state index is 0.902. The minimum Gasteiger partial charge on any atom is -0.372 e. The molecule has 0 saturated carbocycles. The number of benzene rings is 1. The maximum absolute atomic E-state index is 4.81. The Kier molecular flexibility index (Phi) is 5.30. The van der Waals surface area contributed by atoms with E-state index in [1.165, 1.54) is 11.3 Å². The number of hydrogen-bond acceptors (Lipinski definition) is 3. The van der Waals surface area contributed by atoms with Gasteiger partial charge in [0.1, 0.15) is 0 Å². The molecule has 0 saturated heterocycles. The number of rotatable bonds is 4. The molecule has 1 aromatic carbocycles. The Morgan fingerprint density at radius 1 is 0.600 bits per heavy atom. The van der Waals surface area contributed by atoms with Crippen LogP contribution in [0.25, 0.3) is 57.5 Å². The van der Waals surface area contributed by atoms with Crippen molar-refractivity contribution in [2.45, 2.75) is 13.8 Å². The molecule has 0 spiro atoms. The zero-order valence-corrected chi connectivity index (χ0v) is 19.9. The molecular weight excluding hydrogens is 430 g/mol. The molecule has 0 fully saturated rings. The molecule has 172 valence electrons. The monoisotopic (exact) mass is 457 g/mol. The maximum Gasteiger partial charge on any atom is 0.0659 e. The quantitative estimate of drug-likeness (QED) is 0.295. The van der Waals surface area contributed by atoms with Crippen molar-refractivity contribution < 1.29 is 0 Å². The van der Waals surface area contributed by atoms with Gasteiger partial charge in [-0.2, -0.15) is 0 Å². The lowest BCUT2D eigenvalue weighted by Crippen LogP contribution is -2.21. The molecule has 3 aromatic heterocycles. The second kappa shape index (κ2) is 8.76. The van der Waals surface area contributed by atoms with Gasteiger partial charge in [0.15, 0.2) is 0 Å². The molecule has 2 aliphatic rings. The number of nitrogens with zero attached hydrogens (tertiary/aromatic N) is 3. The van der Waals surface area contributed by atoms with Crippen LogP contribution < -0.4 is 4.90 Å². The Hall–Kier alpha value is -4.38. The van der Waals surface area contributed by atoms with Gasteiger partial charge >= 0.3 is 0 Å². The second-order valence-corrected chi connectivity index (χ2v) is 8.81. The van der Waals surface area contributed by atoms with E-state index < -0.39 is 0 Å². The summed E-state index contributed by atoms with van der Waals surface area (Å²) in [5.74, 6) is 0. The number of H-pyrrole nitrogens is 2. The molecule has 5 heteroatoms. The lowest BCUT2D eigenvalue weighted by atomic mass is 10.1. The summed E-state index contributed by atoms with van der Waals surface area (Å²) in [5, 5.41) is 0. The van der Waals surface area contributed by atoms with Crippen molar-refractivity contribution in [2.75, 3.05) is 18.0 Å². The summed E-state index contributed by atoms with van der Waals surface area (Å²) >= 11 is 0. The Bertz CT molecular complexity index is 1610. The summed E-state index contributed by atoms with van der Waals surface area (Å²) < 4.78 is 0. The van der Waals surface area contributed by atoms with Crippen LogP contribution in [0, 0.1) is 0 Å². The predicted molar refractivity (Wildman–Crippen MR) is 148 cm³/mol. The molecule has 2 N–H and O–H groups in total. The van der Waals surface area contributed by atoms with Gasteiger partial charge in [-0.1, -0.05) is 12.1 Å². The molecule has 5 heterocycles.